The molecule has 7 nitrogen and oxygen atoms in total. The summed E-state index contributed by atoms with van der Waals surface area (Å²) in [6.07, 6.45) is 4.91. The Morgan fingerprint density at radius 3 is 3.22 bits per heavy atom. The van der Waals surface area contributed by atoms with Gasteiger partial charge < -0.3 is 15.0 Å². The van der Waals surface area contributed by atoms with Gasteiger partial charge in [-0.15, -0.1) is 0 Å². The Labute approximate surface area is 106 Å². The summed E-state index contributed by atoms with van der Waals surface area (Å²) in [6, 6.07) is -0.124. The van der Waals surface area contributed by atoms with E-state index < -0.39 is 0 Å². The Morgan fingerprint density at radius 2 is 2.56 bits per heavy atom. The lowest BCUT2D eigenvalue weighted by Gasteiger charge is -2.27. The molecular weight excluding hydrogens is 234 g/mol. The van der Waals surface area contributed by atoms with Gasteiger partial charge in [-0.3, -0.25) is 5.10 Å². The molecule has 2 amide bonds. The van der Waals surface area contributed by atoms with Crippen LogP contribution in [0.5, 0.6) is 0 Å². The van der Waals surface area contributed by atoms with Crippen molar-refractivity contribution in [1.29, 1.82) is 0 Å². The highest BCUT2D eigenvalue weighted by Crippen LogP contribution is 2.13. The molecule has 0 bridgehead atoms. The molecule has 1 atom stereocenters. The van der Waals surface area contributed by atoms with E-state index in [0.717, 1.165) is 19.4 Å². The Balaban J connectivity index is 1.70. The van der Waals surface area contributed by atoms with Crippen LogP contribution < -0.4 is 5.32 Å². The van der Waals surface area contributed by atoms with Crippen molar-refractivity contribution in [3.63, 3.8) is 0 Å². The number of ether oxygens (including phenoxy) is 1. The molecule has 1 saturated heterocycles. The van der Waals surface area contributed by atoms with Crippen LogP contribution in [-0.2, 0) is 11.3 Å². The third-order valence-corrected chi connectivity index (χ3v) is 2.97. The van der Waals surface area contributed by atoms with Crippen molar-refractivity contribution in [2.24, 2.45) is 0 Å². The minimum atomic E-state index is -0.124. The normalized spacial score (nSPS) is 19.5. The number of hydrogen-bond donors (Lipinski definition) is 2. The van der Waals surface area contributed by atoms with E-state index in [-0.39, 0.29) is 12.1 Å². The number of rotatable bonds is 4. The standard InChI is InChI=1S/C11H19N5O2/c1-16(7-9-4-2-3-5-18-9)11(17)12-6-10-13-8-14-15-10/h8-9H,2-7H2,1H3,(H,12,17)(H,13,14,15)/t9-/m1/s1. The number of nitrogens with one attached hydrogen (secondary N) is 2. The van der Waals surface area contributed by atoms with Gasteiger partial charge in [0, 0.05) is 20.2 Å². The summed E-state index contributed by atoms with van der Waals surface area (Å²) in [7, 11) is 1.77. The molecule has 100 valence electrons. The molecule has 1 aromatic heterocycles. The zero-order valence-electron chi connectivity index (χ0n) is 10.6. The second-order valence-electron chi connectivity index (χ2n) is 4.46. The molecule has 2 heterocycles. The summed E-state index contributed by atoms with van der Waals surface area (Å²) >= 11 is 0. The van der Waals surface area contributed by atoms with Crippen molar-refractivity contribution in [2.75, 3.05) is 20.2 Å². The second-order valence-corrected chi connectivity index (χ2v) is 4.46. The lowest BCUT2D eigenvalue weighted by molar-refractivity contribution is 0.00384. The summed E-state index contributed by atoms with van der Waals surface area (Å²) in [4.78, 5) is 17.4. The van der Waals surface area contributed by atoms with Crippen LogP contribution >= 0.6 is 0 Å². The van der Waals surface area contributed by atoms with E-state index in [9.17, 15) is 4.79 Å². The minimum Gasteiger partial charge on any atom is -0.376 e. The van der Waals surface area contributed by atoms with Crippen molar-refractivity contribution in [1.82, 2.24) is 25.4 Å². The number of carbonyl (C=O) groups excluding carboxylic acids is 1. The lowest BCUT2D eigenvalue weighted by Crippen LogP contribution is -2.42. The van der Waals surface area contributed by atoms with Crippen LogP contribution in [0.3, 0.4) is 0 Å². The van der Waals surface area contributed by atoms with Gasteiger partial charge in [0.25, 0.3) is 0 Å². The van der Waals surface area contributed by atoms with Crippen molar-refractivity contribution in [3.8, 4) is 0 Å². The number of aromatic nitrogens is 3. The molecule has 7 heteroatoms. The van der Waals surface area contributed by atoms with E-state index in [2.05, 4.69) is 20.5 Å². The molecule has 1 aliphatic rings. The van der Waals surface area contributed by atoms with E-state index in [1.54, 1.807) is 11.9 Å². The average molecular weight is 253 g/mol. The van der Waals surface area contributed by atoms with Gasteiger partial charge in [0.1, 0.15) is 12.2 Å². The van der Waals surface area contributed by atoms with Crippen LogP contribution in [0.15, 0.2) is 6.33 Å². The van der Waals surface area contributed by atoms with Crippen molar-refractivity contribution < 1.29 is 9.53 Å². The highest BCUT2D eigenvalue weighted by atomic mass is 16.5. The molecule has 2 rings (SSSR count). The monoisotopic (exact) mass is 253 g/mol. The average Bonchev–Trinajstić information content (AvgIpc) is 2.90. The van der Waals surface area contributed by atoms with Crippen LogP contribution in [0, 0.1) is 0 Å². The van der Waals surface area contributed by atoms with E-state index in [1.165, 1.54) is 12.7 Å². The van der Waals surface area contributed by atoms with Crippen molar-refractivity contribution in [3.05, 3.63) is 12.2 Å². The summed E-state index contributed by atoms with van der Waals surface area (Å²) in [5.41, 5.74) is 0. The Bertz CT molecular complexity index is 362. The van der Waals surface area contributed by atoms with Gasteiger partial charge in [0.2, 0.25) is 0 Å². The first kappa shape index (κ1) is 12.8. The number of urea groups is 1. The van der Waals surface area contributed by atoms with Gasteiger partial charge in [0.15, 0.2) is 0 Å². The molecular formula is C11H19N5O2. The Kier molecular flexibility index (Phi) is 4.52. The van der Waals surface area contributed by atoms with Gasteiger partial charge in [-0.2, -0.15) is 5.10 Å². The van der Waals surface area contributed by atoms with Crippen LogP contribution in [-0.4, -0.2) is 52.4 Å². The molecule has 0 aliphatic carbocycles. The first-order chi connectivity index (χ1) is 8.75. The molecule has 2 N–H and O–H groups in total. The predicted octanol–water partition coefficient (Wildman–Crippen LogP) is 0.515. The molecule has 0 radical (unpaired) electrons. The summed E-state index contributed by atoms with van der Waals surface area (Å²) in [5.74, 6) is 0.644. The maximum Gasteiger partial charge on any atom is 0.317 e. The van der Waals surface area contributed by atoms with Gasteiger partial charge in [0.05, 0.1) is 12.6 Å². The first-order valence-electron chi connectivity index (χ1n) is 6.20. The zero-order chi connectivity index (χ0) is 12.8. The van der Waals surface area contributed by atoms with E-state index in [4.69, 9.17) is 4.74 Å². The molecule has 0 aromatic carbocycles. The molecule has 1 aliphatic heterocycles. The largest absolute Gasteiger partial charge is 0.376 e. The van der Waals surface area contributed by atoms with Crippen LogP contribution in [0.1, 0.15) is 25.1 Å². The minimum absolute atomic E-state index is 0.124. The third-order valence-electron chi connectivity index (χ3n) is 2.97. The number of amides is 2. The Morgan fingerprint density at radius 1 is 1.67 bits per heavy atom. The highest BCUT2D eigenvalue weighted by molar-refractivity contribution is 5.73. The van der Waals surface area contributed by atoms with Crippen LogP contribution in [0.4, 0.5) is 4.79 Å². The van der Waals surface area contributed by atoms with Crippen molar-refractivity contribution >= 4 is 6.03 Å². The van der Waals surface area contributed by atoms with Gasteiger partial charge in [-0.05, 0) is 19.3 Å². The Hall–Kier alpha value is -1.63. The maximum absolute atomic E-state index is 11.8. The quantitative estimate of drug-likeness (QED) is 0.819. The van der Waals surface area contributed by atoms with E-state index in [0.29, 0.717) is 18.9 Å². The number of aromatic amines is 1. The number of H-pyrrole nitrogens is 1. The van der Waals surface area contributed by atoms with Crippen LogP contribution in [0.2, 0.25) is 0 Å². The fourth-order valence-electron chi connectivity index (χ4n) is 1.95. The summed E-state index contributed by atoms with van der Waals surface area (Å²) in [5, 5.41) is 9.18. The third kappa shape index (κ3) is 3.69. The van der Waals surface area contributed by atoms with Gasteiger partial charge in [-0.25, -0.2) is 9.78 Å². The lowest BCUT2D eigenvalue weighted by atomic mass is 10.1. The highest BCUT2D eigenvalue weighted by Gasteiger charge is 2.18. The fourth-order valence-corrected chi connectivity index (χ4v) is 1.95. The predicted molar refractivity (Wildman–Crippen MR) is 64.8 cm³/mol. The number of likely N-dealkylation sites (N-methyl/N-ethyl adjacent to an activating group) is 1. The van der Waals surface area contributed by atoms with Gasteiger partial charge in [-0.1, -0.05) is 0 Å². The molecule has 0 spiro atoms. The molecule has 1 aromatic rings. The van der Waals surface area contributed by atoms with Crippen molar-refractivity contribution in [2.45, 2.75) is 31.9 Å². The smallest absolute Gasteiger partial charge is 0.317 e. The molecule has 0 unspecified atom stereocenters. The fraction of sp³-hybridized carbons (Fsp3) is 0.727. The van der Waals surface area contributed by atoms with Gasteiger partial charge >= 0.3 is 6.03 Å². The summed E-state index contributed by atoms with van der Waals surface area (Å²) in [6.45, 7) is 1.79. The molecule has 0 saturated carbocycles. The first-order valence-corrected chi connectivity index (χ1v) is 6.20. The van der Waals surface area contributed by atoms with E-state index >= 15 is 0 Å². The summed E-state index contributed by atoms with van der Waals surface area (Å²) < 4.78 is 5.60. The number of nitrogens with zero attached hydrogens (tertiary/aromatic N) is 3. The zero-order valence-corrected chi connectivity index (χ0v) is 10.6. The van der Waals surface area contributed by atoms with E-state index in [1.807, 2.05) is 0 Å². The van der Waals surface area contributed by atoms with Crippen LogP contribution in [0.25, 0.3) is 0 Å². The molecule has 18 heavy (non-hydrogen) atoms. The maximum atomic E-state index is 11.8. The number of carbonyl (C=O) groups is 1. The SMILES string of the molecule is CN(C[C@H]1CCCCO1)C(=O)NCc1ncn[nH]1. The second kappa shape index (κ2) is 6.34. The topological polar surface area (TPSA) is 83.1 Å². The molecule has 1 fully saturated rings. The number of hydrogen-bond acceptors (Lipinski definition) is 4.